The number of pyridine rings is 1. The molecule has 1 saturated carbocycles. The first-order valence-corrected chi connectivity index (χ1v) is 10.2. The molecule has 2 aliphatic rings. The van der Waals surface area contributed by atoms with E-state index in [9.17, 15) is 0 Å². The summed E-state index contributed by atoms with van der Waals surface area (Å²) in [7, 11) is 2.18. The zero-order valence-electron chi connectivity index (χ0n) is 16.4. The van der Waals surface area contributed by atoms with Gasteiger partial charge in [0.2, 0.25) is 0 Å². The van der Waals surface area contributed by atoms with Gasteiger partial charge in [-0.25, -0.2) is 9.98 Å². The Bertz CT molecular complexity index is 573. The largest absolute Gasteiger partial charge is 0.357 e. The van der Waals surface area contributed by atoms with Crippen LogP contribution in [0.5, 0.6) is 0 Å². The van der Waals surface area contributed by atoms with E-state index < -0.39 is 0 Å². The fourth-order valence-electron chi connectivity index (χ4n) is 3.78. The molecule has 0 aromatic carbocycles. The Kier molecular flexibility index (Phi) is 7.12. The van der Waals surface area contributed by atoms with Crippen molar-refractivity contribution in [2.45, 2.75) is 51.6 Å². The number of guanidine groups is 1. The van der Waals surface area contributed by atoms with Crippen LogP contribution in [0.3, 0.4) is 0 Å². The summed E-state index contributed by atoms with van der Waals surface area (Å²) in [6.07, 6.45) is 8.43. The molecule has 6 nitrogen and oxygen atoms in total. The Balaban J connectivity index is 1.66. The van der Waals surface area contributed by atoms with Gasteiger partial charge in [-0.2, -0.15) is 0 Å². The van der Waals surface area contributed by atoms with E-state index in [0.29, 0.717) is 12.6 Å². The summed E-state index contributed by atoms with van der Waals surface area (Å²) in [5, 5.41) is 7.03. The fourth-order valence-corrected chi connectivity index (χ4v) is 3.78. The lowest BCUT2D eigenvalue weighted by molar-refractivity contribution is 0.312. The highest BCUT2D eigenvalue weighted by Gasteiger charge is 2.18. The maximum Gasteiger partial charge on any atom is 0.191 e. The number of anilines is 1. The van der Waals surface area contributed by atoms with Gasteiger partial charge in [-0.15, -0.1) is 0 Å². The third-order valence-corrected chi connectivity index (χ3v) is 5.37. The highest BCUT2D eigenvalue weighted by atomic mass is 15.3. The number of rotatable bonds is 5. The molecule has 1 aliphatic carbocycles. The summed E-state index contributed by atoms with van der Waals surface area (Å²) in [6.45, 7) is 7.91. The van der Waals surface area contributed by atoms with Crippen molar-refractivity contribution in [3.05, 3.63) is 23.9 Å². The second-order valence-electron chi connectivity index (χ2n) is 7.45. The van der Waals surface area contributed by atoms with E-state index in [4.69, 9.17) is 4.99 Å². The maximum absolute atomic E-state index is 4.87. The van der Waals surface area contributed by atoms with E-state index >= 15 is 0 Å². The molecule has 2 N–H and O–H groups in total. The zero-order valence-corrected chi connectivity index (χ0v) is 16.4. The Morgan fingerprint density at radius 1 is 1.19 bits per heavy atom. The first-order valence-electron chi connectivity index (χ1n) is 10.2. The summed E-state index contributed by atoms with van der Waals surface area (Å²) in [6, 6.07) is 4.74. The van der Waals surface area contributed by atoms with Gasteiger partial charge in [0.1, 0.15) is 5.82 Å². The van der Waals surface area contributed by atoms with Crippen LogP contribution < -0.4 is 15.5 Å². The molecule has 3 rings (SSSR count). The monoisotopic (exact) mass is 358 g/mol. The molecule has 2 heterocycles. The Morgan fingerprint density at radius 2 is 1.96 bits per heavy atom. The zero-order chi connectivity index (χ0) is 18.2. The van der Waals surface area contributed by atoms with Crippen LogP contribution in [0.15, 0.2) is 23.3 Å². The van der Waals surface area contributed by atoms with Crippen LogP contribution in [-0.2, 0) is 6.54 Å². The lowest BCUT2D eigenvalue weighted by atomic mass is 9.96. The van der Waals surface area contributed by atoms with E-state index in [2.05, 4.69) is 45.5 Å². The fraction of sp³-hybridized carbons (Fsp3) is 0.700. The van der Waals surface area contributed by atoms with Crippen molar-refractivity contribution in [3.8, 4) is 0 Å². The van der Waals surface area contributed by atoms with Crippen molar-refractivity contribution < 1.29 is 0 Å². The van der Waals surface area contributed by atoms with Crippen molar-refractivity contribution in [1.29, 1.82) is 0 Å². The third-order valence-electron chi connectivity index (χ3n) is 5.37. The van der Waals surface area contributed by atoms with Crippen molar-refractivity contribution in [2.24, 2.45) is 4.99 Å². The quantitative estimate of drug-likeness (QED) is 0.624. The Labute approximate surface area is 158 Å². The summed E-state index contributed by atoms with van der Waals surface area (Å²) < 4.78 is 0. The Hall–Kier alpha value is -1.82. The lowest BCUT2D eigenvalue weighted by Crippen LogP contribution is -2.45. The van der Waals surface area contributed by atoms with Gasteiger partial charge in [0.15, 0.2) is 5.96 Å². The molecule has 0 unspecified atom stereocenters. The molecule has 0 bridgehead atoms. The van der Waals surface area contributed by atoms with Crippen LogP contribution in [0.25, 0.3) is 0 Å². The van der Waals surface area contributed by atoms with E-state index in [0.717, 1.165) is 44.5 Å². The number of aromatic nitrogens is 1. The first kappa shape index (κ1) is 19.0. The first-order chi connectivity index (χ1) is 12.8. The van der Waals surface area contributed by atoms with Crippen LogP contribution in [0.4, 0.5) is 5.82 Å². The van der Waals surface area contributed by atoms with Crippen LogP contribution in [0.1, 0.15) is 44.6 Å². The second kappa shape index (κ2) is 9.76. The van der Waals surface area contributed by atoms with Crippen LogP contribution in [-0.4, -0.2) is 61.7 Å². The number of hydrogen-bond acceptors (Lipinski definition) is 4. The summed E-state index contributed by atoms with van der Waals surface area (Å²) in [5.41, 5.74) is 1.21. The highest BCUT2D eigenvalue weighted by Crippen LogP contribution is 2.20. The van der Waals surface area contributed by atoms with Gasteiger partial charge >= 0.3 is 0 Å². The Morgan fingerprint density at radius 3 is 2.69 bits per heavy atom. The minimum atomic E-state index is 0.563. The molecular formula is C20H34N6. The second-order valence-corrected chi connectivity index (χ2v) is 7.45. The van der Waals surface area contributed by atoms with Gasteiger partial charge < -0.3 is 20.4 Å². The molecule has 0 radical (unpaired) electrons. The molecule has 1 aliphatic heterocycles. The average Bonchev–Trinajstić information content (AvgIpc) is 2.68. The molecule has 0 atom stereocenters. The predicted octanol–water partition coefficient (Wildman–Crippen LogP) is 2.22. The van der Waals surface area contributed by atoms with E-state index in [1.54, 1.807) is 0 Å². The summed E-state index contributed by atoms with van der Waals surface area (Å²) in [5.74, 6) is 2.03. The summed E-state index contributed by atoms with van der Waals surface area (Å²) >= 11 is 0. The minimum absolute atomic E-state index is 0.563. The van der Waals surface area contributed by atoms with E-state index in [1.807, 2.05) is 12.3 Å². The molecule has 1 aromatic heterocycles. The molecule has 0 spiro atoms. The van der Waals surface area contributed by atoms with Gasteiger partial charge in [-0.3, -0.25) is 0 Å². The van der Waals surface area contributed by atoms with Crippen molar-refractivity contribution in [3.63, 3.8) is 0 Å². The number of likely N-dealkylation sites (N-methyl/N-ethyl adjacent to an activating group) is 1. The topological polar surface area (TPSA) is 55.8 Å². The molecule has 1 aromatic rings. The number of hydrogen-bond donors (Lipinski definition) is 2. The van der Waals surface area contributed by atoms with Gasteiger partial charge in [0, 0.05) is 50.5 Å². The normalized spacial score (nSPS) is 20.2. The highest BCUT2D eigenvalue weighted by molar-refractivity contribution is 5.80. The number of nitrogens with zero attached hydrogens (tertiary/aromatic N) is 4. The smallest absolute Gasteiger partial charge is 0.191 e. The van der Waals surface area contributed by atoms with Crippen molar-refractivity contribution >= 4 is 11.8 Å². The number of piperazine rings is 1. The molecule has 2 fully saturated rings. The minimum Gasteiger partial charge on any atom is -0.357 e. The molecule has 6 heteroatoms. The molecular weight excluding hydrogens is 324 g/mol. The molecule has 26 heavy (non-hydrogen) atoms. The van der Waals surface area contributed by atoms with Crippen LogP contribution in [0, 0.1) is 0 Å². The molecule has 0 amide bonds. The number of nitrogens with one attached hydrogen (secondary N) is 2. The number of aliphatic imine (C=N–C) groups is 1. The van der Waals surface area contributed by atoms with Crippen LogP contribution in [0.2, 0.25) is 0 Å². The van der Waals surface area contributed by atoms with Gasteiger partial charge in [0.05, 0.1) is 6.54 Å². The SMILES string of the molecule is CCNC(=NCc1cccnc1N1CCN(C)CC1)NC1CCCCC1. The van der Waals surface area contributed by atoms with E-state index in [-0.39, 0.29) is 0 Å². The van der Waals surface area contributed by atoms with Crippen LogP contribution >= 0.6 is 0 Å². The van der Waals surface area contributed by atoms with Crippen molar-refractivity contribution in [1.82, 2.24) is 20.5 Å². The van der Waals surface area contributed by atoms with Gasteiger partial charge in [-0.1, -0.05) is 25.3 Å². The third kappa shape index (κ3) is 5.34. The van der Waals surface area contributed by atoms with Gasteiger partial charge in [0.25, 0.3) is 0 Å². The summed E-state index contributed by atoms with van der Waals surface area (Å²) in [4.78, 5) is 14.3. The average molecular weight is 359 g/mol. The van der Waals surface area contributed by atoms with Crippen molar-refractivity contribution in [2.75, 3.05) is 44.7 Å². The van der Waals surface area contributed by atoms with E-state index in [1.165, 1.54) is 37.7 Å². The molecule has 1 saturated heterocycles. The maximum atomic E-state index is 4.87. The lowest BCUT2D eigenvalue weighted by Gasteiger charge is -2.34. The van der Waals surface area contributed by atoms with Gasteiger partial charge in [-0.05, 0) is 32.9 Å². The molecule has 144 valence electrons. The standard InChI is InChI=1S/C20H34N6/c1-3-21-20(24-18-9-5-4-6-10-18)23-16-17-8-7-11-22-19(17)26-14-12-25(2)13-15-26/h7-8,11,18H,3-6,9-10,12-16H2,1-2H3,(H2,21,23,24). The predicted molar refractivity (Wildman–Crippen MR) is 109 cm³/mol.